The number of carbonyl (C=O) groups is 1. The molecule has 0 aliphatic carbocycles. The maximum absolute atomic E-state index is 12.0. The van der Waals surface area contributed by atoms with Crippen LogP contribution in [0.1, 0.15) is 18.1 Å². The monoisotopic (exact) mass is 283 g/mol. The summed E-state index contributed by atoms with van der Waals surface area (Å²) in [5, 5.41) is 0. The molecule has 0 atom stereocenters. The molecule has 0 unspecified atom stereocenters. The maximum Gasteiger partial charge on any atom is 0.403 e. The van der Waals surface area contributed by atoms with Gasteiger partial charge in [0.1, 0.15) is 0 Å². The third-order valence-electron chi connectivity index (χ3n) is 2.25. The van der Waals surface area contributed by atoms with E-state index in [1.165, 1.54) is 11.8 Å². The predicted octanol–water partition coefficient (Wildman–Crippen LogP) is 2.19. The van der Waals surface area contributed by atoms with Gasteiger partial charge in [-0.3, -0.25) is 0 Å². The van der Waals surface area contributed by atoms with E-state index in [2.05, 4.69) is 0 Å². The van der Waals surface area contributed by atoms with Crippen LogP contribution in [0, 0.1) is 13.8 Å². The van der Waals surface area contributed by atoms with Crippen LogP contribution in [-0.4, -0.2) is 18.8 Å². The highest BCUT2D eigenvalue weighted by Gasteiger charge is 2.22. The number of aromatic nitrogens is 1. The zero-order valence-electron chi connectivity index (χ0n) is 11.0. The fourth-order valence-corrected chi connectivity index (χ4v) is 2.20. The van der Waals surface area contributed by atoms with Crippen molar-refractivity contribution in [1.29, 1.82) is 0 Å². The van der Waals surface area contributed by atoms with Gasteiger partial charge < -0.3 is 17.4 Å². The summed E-state index contributed by atoms with van der Waals surface area (Å²) in [6.07, 6.45) is 5.61. The van der Waals surface area contributed by atoms with Gasteiger partial charge in [-0.2, -0.15) is 16.3 Å². The average Bonchev–Trinajstić information content (AvgIpc) is 2.28. The van der Waals surface area contributed by atoms with Gasteiger partial charge in [-0.1, -0.05) is 4.24 Å². The van der Waals surface area contributed by atoms with Crippen LogP contribution in [0.4, 0.5) is 0 Å². The number of hydrogen-bond acceptors (Lipinski definition) is 4. The van der Waals surface area contributed by atoms with E-state index in [0.717, 1.165) is 11.1 Å². The van der Waals surface area contributed by atoms with E-state index in [4.69, 9.17) is 17.4 Å². The summed E-state index contributed by atoms with van der Waals surface area (Å²) in [5.74, 6) is -0.383. The molecule has 0 amide bonds. The largest absolute Gasteiger partial charge is 0.766 e. The van der Waals surface area contributed by atoms with Crippen LogP contribution in [0.2, 0.25) is 0 Å². The van der Waals surface area contributed by atoms with Gasteiger partial charge in [-0.25, -0.2) is 4.79 Å². The Morgan fingerprint density at radius 3 is 2.39 bits per heavy atom. The molecule has 0 fully saturated rings. The molecule has 0 spiro atoms. The number of carbonyl (C=O) groups excluding carboxylic acids is 1. The minimum Gasteiger partial charge on any atom is -0.766 e. The first kappa shape index (κ1) is 15.0. The van der Waals surface area contributed by atoms with E-state index < -0.39 is 0 Å². The molecule has 3 nitrogen and oxygen atoms in total. The van der Waals surface area contributed by atoms with Crippen molar-refractivity contribution in [1.82, 2.24) is 0 Å². The van der Waals surface area contributed by atoms with Gasteiger partial charge >= 0.3 is 5.97 Å². The molecule has 0 aliphatic rings. The first-order valence-electron chi connectivity index (χ1n) is 5.62. The second-order valence-corrected chi connectivity index (χ2v) is 5.34. The second kappa shape index (κ2) is 6.75. The number of esters is 1. The predicted molar refractivity (Wildman–Crippen MR) is 76.8 cm³/mol. The molecule has 98 valence electrons. The summed E-state index contributed by atoms with van der Waals surface area (Å²) in [6, 6.07) is 2.04. The number of ether oxygens (including phenoxy) is 1. The molecule has 0 aromatic carbocycles. The summed E-state index contributed by atoms with van der Waals surface area (Å²) in [4.78, 5) is 12.0. The number of hydrogen-bond donors (Lipinski definition) is 0. The summed E-state index contributed by atoms with van der Waals surface area (Å²) < 4.78 is 7.35. The lowest BCUT2D eigenvalue weighted by Gasteiger charge is -2.12. The average molecular weight is 283 g/mol. The zero-order chi connectivity index (χ0) is 13.7. The van der Waals surface area contributed by atoms with Crippen molar-refractivity contribution in [3.8, 4) is 0 Å². The lowest BCUT2D eigenvalue weighted by molar-refractivity contribution is -0.579. The number of nitrogens with zero attached hydrogens (tertiary/aromatic N) is 1. The number of aryl methyl sites for hydroxylation is 2. The van der Waals surface area contributed by atoms with E-state index in [-0.39, 0.29) is 5.97 Å². The van der Waals surface area contributed by atoms with Gasteiger partial charge in [0, 0.05) is 11.1 Å². The van der Waals surface area contributed by atoms with Crippen LogP contribution >= 0.6 is 11.8 Å². The lowest BCUT2D eigenvalue weighted by Crippen LogP contribution is -2.38. The second-order valence-electron chi connectivity index (χ2n) is 3.86. The minimum atomic E-state index is -0.383. The highest BCUT2D eigenvalue weighted by atomic mass is 32.2. The van der Waals surface area contributed by atoms with E-state index in [1.54, 1.807) is 11.5 Å². The van der Waals surface area contributed by atoms with Gasteiger partial charge in [0.05, 0.1) is 6.61 Å². The summed E-state index contributed by atoms with van der Waals surface area (Å²) in [7, 11) is 0. The van der Waals surface area contributed by atoms with Crippen LogP contribution in [0.5, 0.6) is 0 Å². The highest BCUT2D eigenvalue weighted by Crippen LogP contribution is 2.16. The van der Waals surface area contributed by atoms with Crippen LogP contribution in [-0.2, 0) is 22.2 Å². The maximum atomic E-state index is 12.0. The van der Waals surface area contributed by atoms with Gasteiger partial charge in [0.2, 0.25) is 0 Å². The summed E-state index contributed by atoms with van der Waals surface area (Å²) in [6.45, 7) is 6.08. The Bertz CT molecular complexity index is 464. The Morgan fingerprint density at radius 2 is 1.94 bits per heavy atom. The van der Waals surface area contributed by atoms with E-state index in [1.807, 2.05) is 38.6 Å². The first-order chi connectivity index (χ1) is 8.49. The topological polar surface area (TPSA) is 30.2 Å². The summed E-state index contributed by atoms with van der Waals surface area (Å²) >= 11 is 6.61. The quantitative estimate of drug-likeness (QED) is 0.367. The standard InChI is InChI=1S/C13H17NO2S2/c1-5-16-12(15)11(13(17)18-4)14-7-9(2)6-10(3)8-14/h6-8H,5H2,1-4H3. The Hall–Kier alpha value is -1.07. The molecule has 1 aromatic rings. The van der Waals surface area contributed by atoms with Gasteiger partial charge in [-0.05, 0) is 33.1 Å². The molecule has 1 aromatic heterocycles. The number of rotatable bonds is 4. The molecule has 0 saturated carbocycles. The van der Waals surface area contributed by atoms with Crippen molar-refractivity contribution in [2.24, 2.45) is 0 Å². The fraction of sp³-hybridized carbons (Fsp3) is 0.385. The fourth-order valence-electron chi connectivity index (χ4n) is 1.63. The van der Waals surface area contributed by atoms with Crippen LogP contribution < -0.4 is 4.57 Å². The van der Waals surface area contributed by atoms with Gasteiger partial charge in [-0.15, -0.1) is 0 Å². The van der Waals surface area contributed by atoms with Crippen LogP contribution in [0.15, 0.2) is 22.7 Å². The Kier molecular flexibility index (Phi) is 5.62. The van der Waals surface area contributed by atoms with Crippen molar-refractivity contribution < 1.29 is 14.1 Å². The van der Waals surface area contributed by atoms with Gasteiger partial charge in [0.15, 0.2) is 12.4 Å². The number of pyridine rings is 1. The lowest BCUT2D eigenvalue weighted by atomic mass is 10.2. The van der Waals surface area contributed by atoms with Crippen molar-refractivity contribution >= 4 is 36.1 Å². The molecule has 0 aliphatic heterocycles. The molecule has 1 heterocycles. The van der Waals surface area contributed by atoms with Crippen molar-refractivity contribution in [2.45, 2.75) is 20.8 Å². The summed E-state index contributed by atoms with van der Waals surface area (Å²) in [5.41, 5.74) is 2.55. The van der Waals surface area contributed by atoms with Crippen molar-refractivity contribution in [3.05, 3.63) is 33.8 Å². The molecular weight excluding hydrogens is 266 g/mol. The SMILES string of the molecule is CCOC(=O)/C(=C(/[S-])SC)[n+]1cc(C)cc(C)c1. The zero-order valence-corrected chi connectivity index (χ0v) is 12.7. The molecule has 0 bridgehead atoms. The molecule has 0 N–H and O–H groups in total. The molecular formula is C13H17NO2S2. The van der Waals surface area contributed by atoms with E-state index >= 15 is 0 Å². The first-order valence-corrected chi connectivity index (χ1v) is 7.25. The molecule has 0 saturated heterocycles. The third kappa shape index (κ3) is 3.71. The highest BCUT2D eigenvalue weighted by molar-refractivity contribution is 8.10. The van der Waals surface area contributed by atoms with E-state index in [0.29, 0.717) is 16.5 Å². The van der Waals surface area contributed by atoms with Crippen LogP contribution in [0.3, 0.4) is 0 Å². The molecule has 5 heteroatoms. The normalized spacial score (nSPS) is 12.0. The van der Waals surface area contributed by atoms with Crippen molar-refractivity contribution in [2.75, 3.05) is 12.9 Å². The Labute approximate surface area is 118 Å². The third-order valence-corrected chi connectivity index (χ3v) is 3.50. The van der Waals surface area contributed by atoms with E-state index in [9.17, 15) is 4.79 Å². The molecule has 1 rings (SSSR count). The Morgan fingerprint density at radius 1 is 1.39 bits per heavy atom. The van der Waals surface area contributed by atoms with Crippen molar-refractivity contribution in [3.63, 3.8) is 0 Å². The minimum absolute atomic E-state index is 0.338. The number of thioether (sulfide) groups is 1. The molecule has 0 radical (unpaired) electrons. The van der Waals surface area contributed by atoms with Crippen LogP contribution in [0.25, 0.3) is 5.70 Å². The molecule has 18 heavy (non-hydrogen) atoms. The Balaban J connectivity index is 3.31. The van der Waals surface area contributed by atoms with Gasteiger partial charge in [0.25, 0.3) is 5.70 Å². The smallest absolute Gasteiger partial charge is 0.403 e.